The number of rotatable bonds is 12. The first-order chi connectivity index (χ1) is 20.5. The van der Waals surface area contributed by atoms with Crippen LogP contribution in [0, 0.1) is 6.92 Å². The number of sulfonamides is 1. The molecule has 0 aliphatic heterocycles. The van der Waals surface area contributed by atoms with E-state index in [1.807, 2.05) is 13.8 Å². The molecule has 0 bridgehead atoms. The van der Waals surface area contributed by atoms with Gasteiger partial charge in [-0.25, -0.2) is 8.42 Å². The number of carbonyl (C=O) groups is 2. The third kappa shape index (κ3) is 8.22. The third-order valence-electron chi connectivity index (χ3n) is 7.53. The molecule has 0 aromatic heterocycles. The number of halogens is 2. The van der Waals surface area contributed by atoms with E-state index in [0.29, 0.717) is 28.0 Å². The number of nitrogens with zero attached hydrogens (tertiary/aromatic N) is 2. The Morgan fingerprint density at radius 3 is 2.23 bits per heavy atom. The standard InChI is InChI=1S/C32H37Cl2N3O5S/c1-4-42-27-14-12-26(13-15-27)37(43(40,41)28-16-9-22(2)10-17-28)21-31(38)36(20-24-11-18-29(33)30(34)19-24)23(3)32(39)35-25-7-5-6-8-25/h9-19,23,25H,4-8,20-21H2,1-3H3,(H,35,39)/t23-/m1/s1. The van der Waals surface area contributed by atoms with E-state index < -0.39 is 28.5 Å². The molecule has 0 heterocycles. The summed E-state index contributed by atoms with van der Waals surface area (Å²) in [6.45, 7) is 5.31. The number of aryl methyl sites for hydroxylation is 1. The normalized spacial score (nSPS) is 14.3. The van der Waals surface area contributed by atoms with E-state index in [4.69, 9.17) is 27.9 Å². The topological polar surface area (TPSA) is 96.0 Å². The Kier molecular flexibility index (Phi) is 11.0. The van der Waals surface area contributed by atoms with Gasteiger partial charge >= 0.3 is 0 Å². The second-order valence-electron chi connectivity index (χ2n) is 10.7. The van der Waals surface area contributed by atoms with Gasteiger partial charge in [-0.05, 0) is 87.7 Å². The first kappa shape index (κ1) is 32.6. The summed E-state index contributed by atoms with van der Waals surface area (Å²) >= 11 is 12.4. The fourth-order valence-electron chi connectivity index (χ4n) is 5.05. The maximum atomic E-state index is 14.1. The minimum atomic E-state index is -4.17. The predicted octanol–water partition coefficient (Wildman–Crippen LogP) is 6.37. The number of hydrogen-bond acceptors (Lipinski definition) is 5. The third-order valence-corrected chi connectivity index (χ3v) is 10.1. The van der Waals surface area contributed by atoms with E-state index in [1.54, 1.807) is 61.5 Å². The average molecular weight is 647 g/mol. The molecule has 1 N–H and O–H groups in total. The highest BCUT2D eigenvalue weighted by atomic mass is 35.5. The molecule has 3 aromatic carbocycles. The monoisotopic (exact) mass is 645 g/mol. The van der Waals surface area contributed by atoms with Gasteiger partial charge in [0.05, 0.1) is 27.2 Å². The van der Waals surface area contributed by atoms with Gasteiger partial charge in [0.15, 0.2) is 0 Å². The molecule has 1 saturated carbocycles. The molecule has 1 aliphatic carbocycles. The summed E-state index contributed by atoms with van der Waals surface area (Å²) in [6, 6.07) is 17.1. The van der Waals surface area contributed by atoms with Gasteiger partial charge in [-0.15, -0.1) is 0 Å². The fourth-order valence-corrected chi connectivity index (χ4v) is 6.79. The molecular formula is C32H37Cl2N3O5S. The van der Waals surface area contributed by atoms with Crippen LogP contribution < -0.4 is 14.4 Å². The number of benzene rings is 3. The van der Waals surface area contributed by atoms with E-state index in [-0.39, 0.29) is 29.1 Å². The largest absolute Gasteiger partial charge is 0.494 e. The van der Waals surface area contributed by atoms with E-state index in [2.05, 4.69) is 5.32 Å². The molecule has 4 rings (SSSR count). The first-order valence-electron chi connectivity index (χ1n) is 14.4. The zero-order chi connectivity index (χ0) is 31.1. The molecular weight excluding hydrogens is 609 g/mol. The van der Waals surface area contributed by atoms with Gasteiger partial charge in [-0.2, -0.15) is 0 Å². The SMILES string of the molecule is CCOc1ccc(N(CC(=O)N(Cc2ccc(Cl)c(Cl)c2)[C@H](C)C(=O)NC2CCCC2)S(=O)(=O)c2ccc(C)cc2)cc1. The quantitative estimate of drug-likeness (QED) is 0.247. The highest BCUT2D eigenvalue weighted by Crippen LogP contribution is 2.28. The van der Waals surface area contributed by atoms with E-state index in [0.717, 1.165) is 35.6 Å². The average Bonchev–Trinajstić information content (AvgIpc) is 3.50. The molecule has 230 valence electrons. The zero-order valence-electron chi connectivity index (χ0n) is 24.6. The number of nitrogens with one attached hydrogen (secondary N) is 1. The summed E-state index contributed by atoms with van der Waals surface area (Å²) in [6.07, 6.45) is 3.86. The first-order valence-corrected chi connectivity index (χ1v) is 16.5. The van der Waals surface area contributed by atoms with Gasteiger partial charge in [0, 0.05) is 12.6 Å². The van der Waals surface area contributed by atoms with Crippen molar-refractivity contribution in [3.8, 4) is 5.75 Å². The number of anilines is 1. The highest BCUT2D eigenvalue weighted by molar-refractivity contribution is 7.92. The number of carbonyl (C=O) groups excluding carboxylic acids is 2. The van der Waals surface area contributed by atoms with Crippen LogP contribution >= 0.6 is 23.2 Å². The number of amides is 2. The van der Waals surface area contributed by atoms with Crippen LogP contribution in [0.3, 0.4) is 0 Å². The lowest BCUT2D eigenvalue weighted by Gasteiger charge is -2.32. The van der Waals surface area contributed by atoms with Crippen molar-refractivity contribution in [2.24, 2.45) is 0 Å². The molecule has 0 unspecified atom stereocenters. The van der Waals surface area contributed by atoms with Crippen LogP contribution in [0.15, 0.2) is 71.6 Å². The summed E-state index contributed by atoms with van der Waals surface area (Å²) in [7, 11) is -4.17. The fraction of sp³-hybridized carbons (Fsp3) is 0.375. The van der Waals surface area contributed by atoms with E-state index in [9.17, 15) is 18.0 Å². The molecule has 1 aliphatic rings. The van der Waals surface area contributed by atoms with Gasteiger partial charge in [-0.1, -0.05) is 59.8 Å². The van der Waals surface area contributed by atoms with Gasteiger partial charge in [0.25, 0.3) is 10.0 Å². The summed E-state index contributed by atoms with van der Waals surface area (Å²) in [5, 5.41) is 3.73. The van der Waals surface area contributed by atoms with Crippen LogP contribution in [-0.4, -0.2) is 50.4 Å². The van der Waals surface area contributed by atoms with Crippen LogP contribution in [0.2, 0.25) is 10.0 Å². The summed E-state index contributed by atoms with van der Waals surface area (Å²) < 4.78 is 34.6. The molecule has 1 atom stereocenters. The second kappa shape index (κ2) is 14.5. The molecule has 0 radical (unpaired) electrons. The van der Waals surface area contributed by atoms with Crippen molar-refractivity contribution in [1.82, 2.24) is 10.2 Å². The van der Waals surface area contributed by atoms with Gasteiger partial charge in [0.2, 0.25) is 11.8 Å². The Morgan fingerprint density at radius 2 is 1.63 bits per heavy atom. The van der Waals surface area contributed by atoms with Crippen LogP contribution in [0.25, 0.3) is 0 Å². The minimum Gasteiger partial charge on any atom is -0.494 e. The summed E-state index contributed by atoms with van der Waals surface area (Å²) in [5.41, 5.74) is 1.84. The maximum absolute atomic E-state index is 14.1. The summed E-state index contributed by atoms with van der Waals surface area (Å²) in [4.78, 5) is 28.9. The van der Waals surface area contributed by atoms with Gasteiger partial charge in [-0.3, -0.25) is 13.9 Å². The Bertz CT molecular complexity index is 1530. The van der Waals surface area contributed by atoms with E-state index >= 15 is 0 Å². The van der Waals surface area contributed by atoms with Crippen molar-refractivity contribution in [2.45, 2.75) is 70.0 Å². The molecule has 43 heavy (non-hydrogen) atoms. The molecule has 2 amide bonds. The van der Waals surface area contributed by atoms with Crippen LogP contribution in [0.1, 0.15) is 50.7 Å². The van der Waals surface area contributed by atoms with Crippen molar-refractivity contribution in [3.05, 3.63) is 87.9 Å². The maximum Gasteiger partial charge on any atom is 0.264 e. The predicted molar refractivity (Wildman–Crippen MR) is 170 cm³/mol. The van der Waals surface area contributed by atoms with Crippen LogP contribution in [0.4, 0.5) is 5.69 Å². The Balaban J connectivity index is 1.70. The lowest BCUT2D eigenvalue weighted by Crippen LogP contribution is -2.52. The van der Waals surface area contributed by atoms with Crippen molar-refractivity contribution in [2.75, 3.05) is 17.5 Å². The summed E-state index contributed by atoms with van der Waals surface area (Å²) in [5.74, 6) is -0.275. The smallest absolute Gasteiger partial charge is 0.264 e. The number of hydrogen-bond donors (Lipinski definition) is 1. The molecule has 3 aromatic rings. The molecule has 8 nitrogen and oxygen atoms in total. The minimum absolute atomic E-state index is 0.0245. The molecule has 0 spiro atoms. The highest BCUT2D eigenvalue weighted by Gasteiger charge is 2.33. The van der Waals surface area contributed by atoms with E-state index in [1.165, 1.54) is 17.0 Å². The lowest BCUT2D eigenvalue weighted by atomic mass is 10.1. The number of ether oxygens (including phenoxy) is 1. The van der Waals surface area contributed by atoms with Crippen molar-refractivity contribution in [1.29, 1.82) is 0 Å². The molecule has 1 fully saturated rings. The second-order valence-corrected chi connectivity index (χ2v) is 13.4. The molecule has 0 saturated heterocycles. The zero-order valence-corrected chi connectivity index (χ0v) is 26.9. The van der Waals surface area contributed by atoms with Crippen LogP contribution in [-0.2, 0) is 26.2 Å². The Hall–Kier alpha value is -3.27. The van der Waals surface area contributed by atoms with Gasteiger partial charge in [0.1, 0.15) is 18.3 Å². The lowest BCUT2D eigenvalue weighted by molar-refractivity contribution is -0.139. The van der Waals surface area contributed by atoms with Crippen LogP contribution in [0.5, 0.6) is 5.75 Å². The van der Waals surface area contributed by atoms with Crippen molar-refractivity contribution < 1.29 is 22.7 Å². The van der Waals surface area contributed by atoms with Gasteiger partial charge < -0.3 is 15.0 Å². The Labute approximate surface area is 264 Å². The van der Waals surface area contributed by atoms with Crippen molar-refractivity contribution in [3.63, 3.8) is 0 Å². The molecule has 11 heteroatoms. The van der Waals surface area contributed by atoms with Crippen molar-refractivity contribution >= 4 is 50.7 Å². The Morgan fingerprint density at radius 1 is 0.977 bits per heavy atom.